The number of hydrogen-bond acceptors (Lipinski definition) is 7. The molecule has 0 spiro atoms. The van der Waals surface area contributed by atoms with E-state index in [1.807, 2.05) is 0 Å². The van der Waals surface area contributed by atoms with E-state index in [-0.39, 0.29) is 23.2 Å². The molecule has 12 heteroatoms. The molecule has 0 bridgehead atoms. The highest BCUT2D eigenvalue weighted by Gasteiger charge is 2.39. The zero-order valence-electron chi connectivity index (χ0n) is 15.1. The Morgan fingerprint density at radius 3 is 2.31 bits per heavy atom. The fourth-order valence-corrected chi connectivity index (χ4v) is 3.08. The molecular formula is C17H16F3N5O3S. The van der Waals surface area contributed by atoms with Crippen LogP contribution in [-0.2, 0) is 29.2 Å². The first-order valence-corrected chi connectivity index (χ1v) is 10.1. The van der Waals surface area contributed by atoms with Gasteiger partial charge in [0.1, 0.15) is 5.82 Å². The van der Waals surface area contributed by atoms with Gasteiger partial charge < -0.3 is 10.4 Å². The second-order valence-corrected chi connectivity index (χ2v) is 8.05. The lowest BCUT2D eigenvalue weighted by Gasteiger charge is -2.11. The van der Waals surface area contributed by atoms with Gasteiger partial charge >= 0.3 is 6.18 Å². The molecule has 0 unspecified atom stereocenters. The molecule has 0 aliphatic carbocycles. The van der Waals surface area contributed by atoms with Crippen LogP contribution in [0, 0.1) is 0 Å². The van der Waals surface area contributed by atoms with E-state index in [1.165, 1.54) is 6.07 Å². The molecular weight excluding hydrogens is 411 g/mol. The summed E-state index contributed by atoms with van der Waals surface area (Å²) in [6.45, 7) is -0.757. The maximum atomic E-state index is 13.4. The van der Waals surface area contributed by atoms with E-state index >= 15 is 0 Å². The summed E-state index contributed by atoms with van der Waals surface area (Å²) in [5.41, 5.74) is -0.942. The number of aromatic nitrogens is 4. The van der Waals surface area contributed by atoms with Crippen molar-refractivity contribution in [2.24, 2.45) is 0 Å². The van der Waals surface area contributed by atoms with Crippen LogP contribution in [0.15, 0.2) is 47.5 Å². The molecule has 0 aliphatic rings. The number of halogens is 3. The first-order chi connectivity index (χ1) is 13.6. The summed E-state index contributed by atoms with van der Waals surface area (Å²) >= 11 is 0. The number of hydrogen-bond donors (Lipinski definition) is 2. The van der Waals surface area contributed by atoms with Crippen LogP contribution in [0.3, 0.4) is 0 Å². The molecule has 3 rings (SSSR count). The normalized spacial score (nSPS) is 12.2. The van der Waals surface area contributed by atoms with Gasteiger partial charge in [-0.2, -0.15) is 23.0 Å². The van der Waals surface area contributed by atoms with Crippen molar-refractivity contribution in [1.29, 1.82) is 0 Å². The molecule has 154 valence electrons. The van der Waals surface area contributed by atoms with E-state index < -0.39 is 33.9 Å². The number of nitrogens with one attached hydrogen (secondary N) is 1. The number of anilines is 1. The van der Waals surface area contributed by atoms with Crippen molar-refractivity contribution in [2.45, 2.75) is 24.4 Å². The maximum Gasteiger partial charge on any atom is 0.435 e. The van der Waals surface area contributed by atoms with Gasteiger partial charge in [0.05, 0.1) is 12.2 Å². The highest BCUT2D eigenvalue weighted by molar-refractivity contribution is 7.90. The standard InChI is InChI=1S/C17H16F3N5O3S/c1-29(27,28)14-8-7-13(22-23-14)25-16(21-9-11-5-3-2-4-6-11)12(10-26)15(24-25)17(18,19)20/h2-8,21,26H,9-10H2,1H3. The van der Waals surface area contributed by atoms with E-state index in [2.05, 4.69) is 20.6 Å². The lowest BCUT2D eigenvalue weighted by molar-refractivity contribution is -0.142. The number of aliphatic hydroxyl groups excluding tert-OH is 1. The smallest absolute Gasteiger partial charge is 0.391 e. The maximum absolute atomic E-state index is 13.4. The molecule has 3 aromatic rings. The second-order valence-electron chi connectivity index (χ2n) is 6.08. The Balaban J connectivity index is 2.08. The first-order valence-electron chi connectivity index (χ1n) is 8.23. The van der Waals surface area contributed by atoms with Crippen LogP contribution in [0.25, 0.3) is 5.82 Å². The third-order valence-corrected chi connectivity index (χ3v) is 4.91. The van der Waals surface area contributed by atoms with Gasteiger partial charge in [-0.15, -0.1) is 10.2 Å². The van der Waals surface area contributed by atoms with E-state index in [4.69, 9.17) is 0 Å². The lowest BCUT2D eigenvalue weighted by atomic mass is 10.2. The molecule has 1 aromatic carbocycles. The van der Waals surface area contributed by atoms with Crippen molar-refractivity contribution in [3.05, 3.63) is 59.3 Å². The SMILES string of the molecule is CS(=O)(=O)c1ccc(-n2nc(C(F)(F)F)c(CO)c2NCc2ccccc2)nn1. The van der Waals surface area contributed by atoms with Crippen molar-refractivity contribution in [3.8, 4) is 5.82 Å². The average molecular weight is 427 g/mol. The van der Waals surface area contributed by atoms with Crippen molar-refractivity contribution >= 4 is 15.7 Å². The summed E-state index contributed by atoms with van der Waals surface area (Å²) in [6.07, 6.45) is -3.88. The number of nitrogens with zero attached hydrogens (tertiary/aromatic N) is 4. The Morgan fingerprint density at radius 2 is 1.79 bits per heavy atom. The van der Waals surface area contributed by atoms with Crippen molar-refractivity contribution in [1.82, 2.24) is 20.0 Å². The average Bonchev–Trinajstić information content (AvgIpc) is 3.05. The van der Waals surface area contributed by atoms with E-state index in [0.717, 1.165) is 22.6 Å². The Hall–Kier alpha value is -2.99. The minimum Gasteiger partial charge on any atom is -0.391 e. The van der Waals surface area contributed by atoms with E-state index in [9.17, 15) is 26.7 Å². The molecule has 2 aromatic heterocycles. The quantitative estimate of drug-likeness (QED) is 0.621. The Labute approximate surface area is 163 Å². The predicted octanol–water partition coefficient (Wildman–Crippen LogP) is 2.19. The van der Waals surface area contributed by atoms with Crippen molar-refractivity contribution < 1.29 is 26.7 Å². The fourth-order valence-electron chi connectivity index (χ4n) is 2.58. The van der Waals surface area contributed by atoms with Gasteiger partial charge in [-0.1, -0.05) is 30.3 Å². The molecule has 8 nitrogen and oxygen atoms in total. The molecule has 0 saturated heterocycles. The number of alkyl halides is 3. The van der Waals surface area contributed by atoms with Crippen molar-refractivity contribution in [2.75, 3.05) is 11.6 Å². The predicted molar refractivity (Wildman–Crippen MR) is 97.0 cm³/mol. The van der Waals surface area contributed by atoms with Crippen LogP contribution in [0.5, 0.6) is 0 Å². The molecule has 0 fully saturated rings. The van der Waals surface area contributed by atoms with Crippen molar-refractivity contribution in [3.63, 3.8) is 0 Å². The molecule has 0 amide bonds. The summed E-state index contributed by atoms with van der Waals surface area (Å²) in [5, 5.41) is 22.8. The van der Waals surface area contributed by atoms with E-state index in [1.54, 1.807) is 30.3 Å². The summed E-state index contributed by atoms with van der Waals surface area (Å²) < 4.78 is 64.1. The molecule has 0 atom stereocenters. The Bertz CT molecular complexity index is 1100. The topological polar surface area (TPSA) is 110 Å². The fraction of sp³-hybridized carbons (Fsp3) is 0.235. The largest absolute Gasteiger partial charge is 0.435 e. The summed E-state index contributed by atoms with van der Waals surface area (Å²) in [4.78, 5) is 0. The monoisotopic (exact) mass is 427 g/mol. The van der Waals surface area contributed by atoms with Crippen LogP contribution in [0.1, 0.15) is 16.8 Å². The van der Waals surface area contributed by atoms with Crippen LogP contribution in [0.2, 0.25) is 0 Å². The van der Waals surface area contributed by atoms with Gasteiger partial charge in [-0.25, -0.2) is 8.42 Å². The number of rotatable bonds is 6. The van der Waals surface area contributed by atoms with Crippen LogP contribution in [-0.4, -0.2) is 39.8 Å². The van der Waals surface area contributed by atoms with Gasteiger partial charge in [0.2, 0.25) is 0 Å². The second kappa shape index (κ2) is 7.79. The van der Waals surface area contributed by atoms with Gasteiger partial charge in [-0.3, -0.25) is 0 Å². The molecule has 2 N–H and O–H groups in total. The highest BCUT2D eigenvalue weighted by atomic mass is 32.2. The zero-order chi connectivity index (χ0) is 21.2. The first kappa shape index (κ1) is 20.7. The summed E-state index contributed by atoms with van der Waals surface area (Å²) in [6, 6.07) is 11.2. The summed E-state index contributed by atoms with van der Waals surface area (Å²) in [7, 11) is -3.63. The molecule has 0 radical (unpaired) electrons. The van der Waals surface area contributed by atoms with Gasteiger partial charge in [-0.05, 0) is 17.7 Å². The van der Waals surface area contributed by atoms with Crippen LogP contribution >= 0.6 is 0 Å². The third-order valence-electron chi connectivity index (χ3n) is 3.94. The zero-order valence-corrected chi connectivity index (χ0v) is 15.9. The minimum absolute atomic E-state index is 0.120. The van der Waals surface area contributed by atoms with Gasteiger partial charge in [0.15, 0.2) is 26.4 Å². The lowest BCUT2D eigenvalue weighted by Crippen LogP contribution is -2.11. The number of aliphatic hydroxyl groups is 1. The van der Waals surface area contributed by atoms with Gasteiger partial charge in [0.25, 0.3) is 0 Å². The molecule has 2 heterocycles. The highest BCUT2D eigenvalue weighted by Crippen LogP contribution is 2.35. The molecule has 0 saturated carbocycles. The van der Waals surface area contributed by atoms with Gasteiger partial charge in [0, 0.05) is 12.8 Å². The number of benzene rings is 1. The Morgan fingerprint density at radius 1 is 1.10 bits per heavy atom. The van der Waals surface area contributed by atoms with Crippen LogP contribution in [0.4, 0.5) is 19.0 Å². The van der Waals surface area contributed by atoms with E-state index in [0.29, 0.717) is 0 Å². The summed E-state index contributed by atoms with van der Waals surface area (Å²) in [5.74, 6) is -0.261. The third kappa shape index (κ3) is 4.54. The Kier molecular flexibility index (Phi) is 5.57. The minimum atomic E-state index is -4.81. The van der Waals surface area contributed by atoms with Crippen LogP contribution < -0.4 is 5.32 Å². The number of sulfone groups is 1. The molecule has 0 aliphatic heterocycles. The molecule has 29 heavy (non-hydrogen) atoms.